The zero-order valence-electron chi connectivity index (χ0n) is 39.7. The Hall–Kier alpha value is -2.27. The summed E-state index contributed by atoms with van der Waals surface area (Å²) in [7, 11) is 6.43. The molecule has 0 aromatic rings. The van der Waals surface area contributed by atoms with Gasteiger partial charge in [0.25, 0.3) is 0 Å². The van der Waals surface area contributed by atoms with Gasteiger partial charge in [0, 0.05) is 44.8 Å². The van der Waals surface area contributed by atoms with Gasteiger partial charge < -0.3 is 77.9 Å². The van der Waals surface area contributed by atoms with Crippen LogP contribution in [0.5, 0.6) is 0 Å². The van der Waals surface area contributed by atoms with Crippen LogP contribution in [0.2, 0.25) is 0 Å². The lowest BCUT2D eigenvalue weighted by Crippen LogP contribution is -2.65. The Kier molecular flexibility index (Phi) is 20.5. The Bertz CT molecular complexity index is 1560. The zero-order chi connectivity index (χ0) is 47.8. The molecule has 4 aliphatic rings. The highest BCUT2D eigenvalue weighted by molar-refractivity contribution is 5.91. The second-order valence-corrected chi connectivity index (χ2v) is 18.7. The molecule has 0 saturated carbocycles. The number of ketones is 1. The van der Waals surface area contributed by atoms with Gasteiger partial charge in [0.05, 0.1) is 55.2 Å². The lowest BCUT2D eigenvalue weighted by Gasteiger charge is -2.50. The molecule has 4 rings (SSSR count). The maximum absolute atomic E-state index is 13.8. The Morgan fingerprint density at radius 3 is 2.11 bits per heavy atom. The number of esters is 1. The highest BCUT2D eigenvalue weighted by atomic mass is 16.7. The number of methoxy groups -OCH3 is 2. The third-order valence-corrected chi connectivity index (χ3v) is 13.4. The number of hydrogen-bond acceptors (Lipinski definition) is 18. The van der Waals surface area contributed by atoms with Crippen molar-refractivity contribution in [3.8, 4) is 0 Å². The summed E-state index contributed by atoms with van der Waals surface area (Å²) in [4.78, 5) is 41.5. The van der Waals surface area contributed by atoms with Gasteiger partial charge in [-0.2, -0.15) is 0 Å². The lowest BCUT2D eigenvalue weighted by atomic mass is 9.79. The molecule has 18 nitrogen and oxygen atoms in total. The van der Waals surface area contributed by atoms with Crippen LogP contribution in [0.15, 0.2) is 23.8 Å². The number of allylic oxidation sites excluding steroid dienone is 3. The van der Waals surface area contributed by atoms with Gasteiger partial charge in [-0.05, 0) is 73.5 Å². The highest BCUT2D eigenvalue weighted by Gasteiger charge is 2.52. The summed E-state index contributed by atoms with van der Waals surface area (Å²) in [5.41, 5.74) is -0.806. The minimum Gasteiger partial charge on any atom is -0.462 e. The first kappa shape index (κ1) is 54.3. The van der Waals surface area contributed by atoms with E-state index in [0.717, 1.165) is 6.29 Å². The molecule has 5 N–H and O–H groups in total. The quantitative estimate of drug-likeness (QED) is 0.131. The second kappa shape index (κ2) is 24.1. The van der Waals surface area contributed by atoms with Gasteiger partial charge in [0.1, 0.15) is 49.0 Å². The first-order valence-electron chi connectivity index (χ1n) is 22.7. The molecule has 0 radical (unpaired) electrons. The highest BCUT2D eigenvalue weighted by Crippen LogP contribution is 2.37. The summed E-state index contributed by atoms with van der Waals surface area (Å²) in [6.07, 6.45) is -8.49. The molecule has 18 heteroatoms. The molecule has 0 aliphatic carbocycles. The number of carbonyl (C=O) groups excluding carboxylic acids is 3. The third kappa shape index (κ3) is 13.5. The van der Waals surface area contributed by atoms with E-state index in [0.29, 0.717) is 12.0 Å². The number of likely N-dealkylation sites (N-methyl/N-ethyl adjacent to an activating group) is 1. The van der Waals surface area contributed by atoms with Crippen LogP contribution in [0.3, 0.4) is 0 Å². The van der Waals surface area contributed by atoms with E-state index < -0.39 is 140 Å². The molecular weight excluding hydrogens is 838 g/mol. The van der Waals surface area contributed by atoms with Gasteiger partial charge >= 0.3 is 5.97 Å². The van der Waals surface area contributed by atoms with Crippen LogP contribution in [-0.4, -0.2) is 187 Å². The Morgan fingerprint density at radius 2 is 1.52 bits per heavy atom. The summed E-state index contributed by atoms with van der Waals surface area (Å²) in [6.45, 7) is 13.6. The van der Waals surface area contributed by atoms with E-state index in [4.69, 9.17) is 42.6 Å². The lowest BCUT2D eigenvalue weighted by molar-refractivity contribution is -0.341. The van der Waals surface area contributed by atoms with E-state index in [2.05, 4.69) is 0 Å². The average molecular weight is 916 g/mol. The predicted octanol–water partition coefficient (Wildman–Crippen LogP) is 1.83. The summed E-state index contributed by atoms with van der Waals surface area (Å²) < 4.78 is 54.7. The van der Waals surface area contributed by atoms with Crippen LogP contribution in [0.4, 0.5) is 0 Å². The van der Waals surface area contributed by atoms with Crippen molar-refractivity contribution in [3.05, 3.63) is 23.8 Å². The molecule has 64 heavy (non-hydrogen) atoms. The van der Waals surface area contributed by atoms with E-state index in [-0.39, 0.29) is 31.7 Å². The largest absolute Gasteiger partial charge is 0.462 e. The molecule has 0 aromatic heterocycles. The first-order chi connectivity index (χ1) is 30.1. The number of carbonyl (C=O) groups is 3. The Morgan fingerprint density at radius 1 is 0.859 bits per heavy atom. The molecule has 21 atom stereocenters. The van der Waals surface area contributed by atoms with E-state index in [1.165, 1.54) is 27.2 Å². The SMILES string of the molecule is CC[C@H]1OC(=O)C[C@@H](O)[C@H](C)[C@@H](O[C@@H]2OC(C)[C@@H](O[C@H]3CC(C)(O)[C@@H](O)C(C)O3)C(N(C)C)C2O)[C@@H](CC=O)C[C@@H](C)C(=O)/C=C/C(C)=C/[C@@H]1CO[C@@H]1OC(C)[C@@H](O)[C@H](OC)C1OC. The molecule has 0 bridgehead atoms. The van der Waals surface area contributed by atoms with Crippen molar-refractivity contribution in [1.29, 1.82) is 0 Å². The molecule has 3 saturated heterocycles. The fourth-order valence-corrected chi connectivity index (χ4v) is 9.51. The smallest absolute Gasteiger partial charge is 0.308 e. The molecule has 4 heterocycles. The van der Waals surface area contributed by atoms with Crippen molar-refractivity contribution in [2.75, 3.05) is 34.9 Å². The number of aldehydes is 1. The van der Waals surface area contributed by atoms with Crippen LogP contribution in [-0.2, 0) is 57.0 Å². The number of aliphatic hydroxyl groups excluding tert-OH is 4. The van der Waals surface area contributed by atoms with E-state index >= 15 is 0 Å². The standard InChI is InChI=1S/C46H77NO17/c1-13-33-30(22-58-45-42(57-12)41(56-11)37(52)26(5)60-45)18-23(2)14-15-31(49)24(3)19-29(16-17-48)39(25(4)32(50)20-34(51)62-33)64-44-38(53)36(47(9)10)40(27(6)61-44)63-35-21-46(8,55)43(54)28(7)59-35/h14-15,17-18,24-30,32-33,35-45,50,52-55H,13,16,19-22H2,1-12H3/b15-14+,23-18+/t24-,25+,26?,27?,28?,29+,30-,32-,33-,35+,36?,37-,38?,39-,40-,41+,42?,43+,44+,45-,46?/m1/s1. The molecule has 0 amide bonds. The fourth-order valence-electron chi connectivity index (χ4n) is 9.51. The van der Waals surface area contributed by atoms with Crippen molar-refractivity contribution in [2.45, 2.75) is 191 Å². The molecular formula is C46H77NO17. The summed E-state index contributed by atoms with van der Waals surface area (Å²) in [5, 5.41) is 55.8. The monoisotopic (exact) mass is 916 g/mol. The molecule has 3 fully saturated rings. The topological polar surface area (TPSA) is 239 Å². The number of cyclic esters (lactones) is 1. The third-order valence-electron chi connectivity index (χ3n) is 13.4. The zero-order valence-corrected chi connectivity index (χ0v) is 39.7. The number of rotatable bonds is 13. The minimum atomic E-state index is -1.49. The van der Waals surface area contributed by atoms with Crippen molar-refractivity contribution in [3.63, 3.8) is 0 Å². The van der Waals surface area contributed by atoms with Gasteiger partial charge in [-0.3, -0.25) is 9.59 Å². The number of aliphatic hydroxyl groups is 5. The van der Waals surface area contributed by atoms with Crippen LogP contribution in [0.1, 0.15) is 87.5 Å². The summed E-state index contributed by atoms with van der Waals surface area (Å²) in [6, 6.07) is -0.748. The molecule has 7 unspecified atom stereocenters. The maximum atomic E-state index is 13.8. The van der Waals surface area contributed by atoms with Crippen molar-refractivity contribution < 1.29 is 82.5 Å². The minimum absolute atomic E-state index is 0.00788. The average Bonchev–Trinajstić information content (AvgIpc) is 3.23. The van der Waals surface area contributed by atoms with Gasteiger partial charge in [-0.15, -0.1) is 0 Å². The number of nitrogens with zero attached hydrogens (tertiary/aromatic N) is 1. The summed E-state index contributed by atoms with van der Waals surface area (Å²) >= 11 is 0. The Labute approximate surface area is 378 Å². The van der Waals surface area contributed by atoms with E-state index in [1.807, 2.05) is 19.9 Å². The van der Waals surface area contributed by atoms with Crippen molar-refractivity contribution >= 4 is 18.0 Å². The molecule has 4 aliphatic heterocycles. The van der Waals surface area contributed by atoms with Gasteiger partial charge in [0.2, 0.25) is 0 Å². The van der Waals surface area contributed by atoms with Gasteiger partial charge in [-0.1, -0.05) is 38.5 Å². The maximum Gasteiger partial charge on any atom is 0.308 e. The normalized spacial score (nSPS) is 45.9. The Balaban J connectivity index is 1.62. The second-order valence-electron chi connectivity index (χ2n) is 18.7. The van der Waals surface area contributed by atoms with E-state index in [1.54, 1.807) is 59.7 Å². The molecule has 0 aromatic carbocycles. The molecule has 368 valence electrons. The van der Waals surface area contributed by atoms with Gasteiger partial charge in [0.15, 0.2) is 24.7 Å². The van der Waals surface area contributed by atoms with Crippen LogP contribution in [0, 0.1) is 23.7 Å². The van der Waals surface area contributed by atoms with Crippen molar-refractivity contribution in [1.82, 2.24) is 4.90 Å². The predicted molar refractivity (Wildman–Crippen MR) is 230 cm³/mol. The molecule has 0 spiro atoms. The van der Waals surface area contributed by atoms with Gasteiger partial charge in [-0.25, -0.2) is 0 Å². The van der Waals surface area contributed by atoms with Crippen LogP contribution in [0.25, 0.3) is 0 Å². The fraction of sp³-hybridized carbons (Fsp3) is 0.848. The number of ether oxygens (including phenoxy) is 9. The van der Waals surface area contributed by atoms with Crippen molar-refractivity contribution in [2.24, 2.45) is 23.7 Å². The first-order valence-corrected chi connectivity index (χ1v) is 22.7. The van der Waals surface area contributed by atoms with Crippen LogP contribution >= 0.6 is 0 Å². The van der Waals surface area contributed by atoms with E-state index in [9.17, 15) is 39.9 Å². The van der Waals surface area contributed by atoms with Crippen LogP contribution < -0.4 is 0 Å². The number of hydrogen-bond donors (Lipinski definition) is 5. The summed E-state index contributed by atoms with van der Waals surface area (Å²) in [5.74, 6) is -3.59.